The molecule has 0 amide bonds. The predicted octanol–water partition coefficient (Wildman–Crippen LogP) is 4.50. The molecule has 1 saturated heterocycles. The average Bonchev–Trinajstić information content (AvgIpc) is 2.98. The Morgan fingerprint density at radius 1 is 0.826 bits per heavy atom. The molecule has 1 aliphatic heterocycles. The Bertz CT molecular complexity index is 827. The summed E-state index contributed by atoms with van der Waals surface area (Å²) in [6.07, 6.45) is 3.79. The van der Waals surface area contributed by atoms with Gasteiger partial charge in [0.25, 0.3) is 0 Å². The molecule has 4 rings (SSSR count). The normalized spacial score (nSPS) is 15.2. The first-order valence-corrected chi connectivity index (χ1v) is 8.01. The zero-order valence-corrected chi connectivity index (χ0v) is 12.8. The molecule has 1 aromatic heterocycles. The Labute approximate surface area is 134 Å². The van der Waals surface area contributed by atoms with Crippen LogP contribution in [0.3, 0.4) is 0 Å². The van der Waals surface area contributed by atoms with E-state index in [2.05, 4.69) is 23.1 Å². The van der Waals surface area contributed by atoms with Crippen molar-refractivity contribution in [2.75, 3.05) is 18.0 Å². The summed E-state index contributed by atoms with van der Waals surface area (Å²) in [6.45, 7) is 2.19. The fourth-order valence-corrected chi connectivity index (χ4v) is 3.25. The minimum atomic E-state index is 0.0226. The van der Waals surface area contributed by atoms with Crippen LogP contribution in [0, 0.1) is 0 Å². The molecule has 2 N–H and O–H groups in total. The number of anilines is 1. The monoisotopic (exact) mass is 309 g/mol. The number of furan rings is 1. The maximum Gasteiger partial charge on any atom is 0.136 e. The molecule has 0 atom stereocenters. The van der Waals surface area contributed by atoms with Crippen LogP contribution < -0.4 is 4.90 Å². The minimum Gasteiger partial charge on any atom is -0.508 e. The van der Waals surface area contributed by atoms with E-state index in [1.54, 1.807) is 12.1 Å². The fraction of sp³-hybridized carbons (Fsp3) is 0.263. The SMILES string of the molecule is Oc1cc(O)cc(-c2cc3ccc(N4CCCCC4)cc3o2)c1. The number of phenols is 2. The number of nitrogens with zero attached hydrogens (tertiary/aromatic N) is 1. The topological polar surface area (TPSA) is 56.8 Å². The van der Waals surface area contributed by atoms with Gasteiger partial charge in [-0.1, -0.05) is 0 Å². The van der Waals surface area contributed by atoms with Crippen LogP contribution in [0.1, 0.15) is 19.3 Å². The summed E-state index contributed by atoms with van der Waals surface area (Å²) in [5, 5.41) is 20.3. The van der Waals surface area contributed by atoms with Gasteiger partial charge in [-0.05, 0) is 49.6 Å². The summed E-state index contributed by atoms with van der Waals surface area (Å²) >= 11 is 0. The summed E-state index contributed by atoms with van der Waals surface area (Å²) < 4.78 is 5.95. The second kappa shape index (κ2) is 5.54. The summed E-state index contributed by atoms with van der Waals surface area (Å²) in [4.78, 5) is 2.39. The molecule has 2 aromatic carbocycles. The Hall–Kier alpha value is -2.62. The molecule has 4 nitrogen and oxygen atoms in total. The van der Waals surface area contributed by atoms with Gasteiger partial charge in [0.15, 0.2) is 0 Å². The van der Waals surface area contributed by atoms with Crippen molar-refractivity contribution in [2.24, 2.45) is 0 Å². The van der Waals surface area contributed by atoms with Crippen LogP contribution in [0.4, 0.5) is 5.69 Å². The third-order valence-electron chi connectivity index (χ3n) is 4.41. The molecule has 118 valence electrons. The van der Waals surface area contributed by atoms with Gasteiger partial charge in [0.1, 0.15) is 22.8 Å². The molecule has 3 aromatic rings. The van der Waals surface area contributed by atoms with Crippen molar-refractivity contribution in [2.45, 2.75) is 19.3 Å². The van der Waals surface area contributed by atoms with Crippen LogP contribution in [0.25, 0.3) is 22.3 Å². The highest BCUT2D eigenvalue weighted by Gasteiger charge is 2.13. The van der Waals surface area contributed by atoms with Gasteiger partial charge in [0.05, 0.1) is 0 Å². The number of rotatable bonds is 2. The van der Waals surface area contributed by atoms with E-state index in [1.807, 2.05) is 6.07 Å². The lowest BCUT2D eigenvalue weighted by Gasteiger charge is -2.28. The van der Waals surface area contributed by atoms with Gasteiger partial charge in [0, 0.05) is 41.9 Å². The van der Waals surface area contributed by atoms with Gasteiger partial charge < -0.3 is 19.5 Å². The molecule has 4 heteroatoms. The smallest absolute Gasteiger partial charge is 0.136 e. The second-order valence-corrected chi connectivity index (χ2v) is 6.12. The van der Waals surface area contributed by atoms with E-state index in [4.69, 9.17) is 4.42 Å². The van der Waals surface area contributed by atoms with E-state index >= 15 is 0 Å². The van der Waals surface area contributed by atoms with E-state index < -0.39 is 0 Å². The number of fused-ring (bicyclic) bond motifs is 1. The molecule has 2 heterocycles. The minimum absolute atomic E-state index is 0.0226. The van der Waals surface area contributed by atoms with Gasteiger partial charge >= 0.3 is 0 Å². The van der Waals surface area contributed by atoms with Crippen LogP contribution in [0.2, 0.25) is 0 Å². The van der Waals surface area contributed by atoms with Gasteiger partial charge in [0.2, 0.25) is 0 Å². The van der Waals surface area contributed by atoms with E-state index in [0.717, 1.165) is 24.1 Å². The first kappa shape index (κ1) is 14.0. The quantitative estimate of drug-likeness (QED) is 0.731. The second-order valence-electron chi connectivity index (χ2n) is 6.12. The summed E-state index contributed by atoms with van der Waals surface area (Å²) in [5.74, 6) is 0.686. The molecule has 0 unspecified atom stereocenters. The Morgan fingerprint density at radius 2 is 1.57 bits per heavy atom. The molecule has 0 radical (unpaired) electrons. The summed E-state index contributed by atoms with van der Waals surface area (Å²) in [5.41, 5.74) is 2.68. The molecule has 1 aliphatic rings. The van der Waals surface area contributed by atoms with Crippen LogP contribution in [-0.4, -0.2) is 23.3 Å². The largest absolute Gasteiger partial charge is 0.508 e. The van der Waals surface area contributed by atoms with Crippen LogP contribution in [0.15, 0.2) is 46.9 Å². The number of phenolic OH excluding ortho intramolecular Hbond substituents is 2. The molecule has 23 heavy (non-hydrogen) atoms. The van der Waals surface area contributed by atoms with Crippen molar-refractivity contribution in [3.05, 3.63) is 42.5 Å². The molecule has 0 bridgehead atoms. The van der Waals surface area contributed by atoms with E-state index in [1.165, 1.54) is 31.0 Å². The molecule has 0 spiro atoms. The first-order valence-electron chi connectivity index (χ1n) is 8.01. The number of piperidine rings is 1. The first-order chi connectivity index (χ1) is 11.2. The van der Waals surface area contributed by atoms with Crippen LogP contribution >= 0.6 is 0 Å². The summed E-state index contributed by atoms with van der Waals surface area (Å²) in [6, 6.07) is 12.7. The highest BCUT2D eigenvalue weighted by Crippen LogP contribution is 2.34. The molecule has 0 aliphatic carbocycles. The van der Waals surface area contributed by atoms with Gasteiger partial charge in [-0.15, -0.1) is 0 Å². The van der Waals surface area contributed by atoms with E-state index in [-0.39, 0.29) is 11.5 Å². The van der Waals surface area contributed by atoms with Crippen molar-refractivity contribution in [3.8, 4) is 22.8 Å². The lowest BCUT2D eigenvalue weighted by molar-refractivity contribution is 0.450. The zero-order valence-electron chi connectivity index (χ0n) is 12.8. The maximum absolute atomic E-state index is 9.64. The van der Waals surface area contributed by atoms with Gasteiger partial charge in [-0.3, -0.25) is 0 Å². The van der Waals surface area contributed by atoms with Crippen LogP contribution in [0.5, 0.6) is 11.5 Å². The fourth-order valence-electron chi connectivity index (χ4n) is 3.25. The van der Waals surface area contributed by atoms with Crippen molar-refractivity contribution >= 4 is 16.7 Å². The van der Waals surface area contributed by atoms with E-state index in [0.29, 0.717) is 11.3 Å². The Morgan fingerprint density at radius 3 is 2.30 bits per heavy atom. The summed E-state index contributed by atoms with van der Waals surface area (Å²) in [7, 11) is 0. The Kier molecular flexibility index (Phi) is 3.37. The molecule has 1 fully saturated rings. The number of hydrogen-bond acceptors (Lipinski definition) is 4. The average molecular weight is 309 g/mol. The number of benzene rings is 2. The van der Waals surface area contributed by atoms with Crippen molar-refractivity contribution in [1.82, 2.24) is 0 Å². The third kappa shape index (κ3) is 2.72. The standard InChI is InChI=1S/C19H19NO3/c21-16-8-14(9-17(22)12-16)18-10-13-4-5-15(11-19(13)23-18)20-6-2-1-3-7-20/h4-5,8-12,21-22H,1-3,6-7H2. The predicted molar refractivity (Wildman–Crippen MR) is 91.0 cm³/mol. The van der Waals surface area contributed by atoms with Crippen LogP contribution in [-0.2, 0) is 0 Å². The van der Waals surface area contributed by atoms with Gasteiger partial charge in [-0.2, -0.15) is 0 Å². The highest BCUT2D eigenvalue weighted by atomic mass is 16.3. The molecule has 0 saturated carbocycles. The Balaban J connectivity index is 1.72. The molecular formula is C19H19NO3. The van der Waals surface area contributed by atoms with Crippen molar-refractivity contribution in [1.29, 1.82) is 0 Å². The highest BCUT2D eigenvalue weighted by molar-refractivity contribution is 5.86. The lowest BCUT2D eigenvalue weighted by atomic mass is 10.1. The van der Waals surface area contributed by atoms with E-state index in [9.17, 15) is 10.2 Å². The maximum atomic E-state index is 9.64. The van der Waals surface area contributed by atoms with Gasteiger partial charge in [-0.25, -0.2) is 0 Å². The van der Waals surface area contributed by atoms with Crippen molar-refractivity contribution in [3.63, 3.8) is 0 Å². The molecular weight excluding hydrogens is 290 g/mol. The lowest BCUT2D eigenvalue weighted by Crippen LogP contribution is -2.29. The third-order valence-corrected chi connectivity index (χ3v) is 4.41. The number of hydrogen-bond donors (Lipinski definition) is 2. The number of aromatic hydroxyl groups is 2. The zero-order chi connectivity index (χ0) is 15.8. The van der Waals surface area contributed by atoms with Crippen molar-refractivity contribution < 1.29 is 14.6 Å².